The average Bonchev–Trinajstić information content (AvgIpc) is 1.37. The minimum Gasteiger partial charge on any atom is -0.480 e. The third-order valence-corrected chi connectivity index (χ3v) is 13.5. The van der Waals surface area contributed by atoms with Gasteiger partial charge in [0.1, 0.15) is 66.1 Å². The van der Waals surface area contributed by atoms with Crippen LogP contribution in [0.25, 0.3) is 0 Å². The van der Waals surface area contributed by atoms with E-state index in [-0.39, 0.29) is 217 Å². The SMILES string of the molecule is O=C(O)COCCOCCOCC(=O)N(CCNC(=O)COCCOCCOCC(=O)N(CCNC(=O)OCc1ccccc1)CCNC(=O)OCc1ccccc1)CCNC(=O)COCCOCCOCC(=O)N(CCNC(=O)OCc1ccccc1)CCNC(=O)OCc1ccccc1. The first-order valence-corrected chi connectivity index (χ1v) is 32.8. The van der Waals surface area contributed by atoms with E-state index >= 15 is 0 Å². The van der Waals surface area contributed by atoms with E-state index in [4.69, 9.17) is 66.7 Å². The van der Waals surface area contributed by atoms with Gasteiger partial charge in [-0.2, -0.15) is 0 Å². The summed E-state index contributed by atoms with van der Waals surface area (Å²) in [4.78, 5) is 129. The minimum atomic E-state index is -1.11. The molecule has 0 saturated carbocycles. The second-order valence-corrected chi connectivity index (χ2v) is 21.3. The number of carbonyl (C=O) groups excluding carboxylic acids is 9. The molecule has 0 unspecified atom stereocenters. The Balaban J connectivity index is 1.09. The smallest absolute Gasteiger partial charge is 0.407 e. The van der Waals surface area contributed by atoms with Crippen LogP contribution in [-0.2, 0) is 117 Å². The van der Waals surface area contributed by atoms with E-state index in [1.54, 1.807) is 0 Å². The molecule has 7 N–H and O–H groups in total. The number of ether oxygens (including phenoxy) is 13. The molecule has 0 heterocycles. The number of alkyl carbamates (subject to hydrolysis) is 4. The predicted octanol–water partition coefficient (Wildman–Crippen LogP) is 1.64. The number of carboxylic acids is 1. The van der Waals surface area contributed by atoms with Gasteiger partial charge in [-0.3, -0.25) is 24.0 Å². The van der Waals surface area contributed by atoms with E-state index in [2.05, 4.69) is 31.9 Å². The lowest BCUT2D eigenvalue weighted by Gasteiger charge is -2.23. The van der Waals surface area contributed by atoms with Gasteiger partial charge in [0.05, 0.1) is 79.3 Å². The van der Waals surface area contributed by atoms with Crippen LogP contribution in [0.3, 0.4) is 0 Å². The van der Waals surface area contributed by atoms with Crippen LogP contribution in [0.15, 0.2) is 121 Å². The molecule has 101 heavy (non-hydrogen) atoms. The molecule has 0 aliphatic heterocycles. The highest BCUT2D eigenvalue weighted by molar-refractivity contribution is 5.80. The number of carboxylic acid groups (broad SMARTS) is 1. The molecule has 0 atom stereocenters. The van der Waals surface area contributed by atoms with Crippen LogP contribution in [0.1, 0.15) is 22.3 Å². The molecule has 0 aromatic heterocycles. The lowest BCUT2D eigenvalue weighted by molar-refractivity contribution is -0.143. The summed E-state index contributed by atoms with van der Waals surface area (Å²) >= 11 is 0. The predicted molar refractivity (Wildman–Crippen MR) is 359 cm³/mol. The van der Waals surface area contributed by atoms with Gasteiger partial charge in [0.2, 0.25) is 29.5 Å². The number of nitrogens with zero attached hydrogens (tertiary/aromatic N) is 3. The van der Waals surface area contributed by atoms with Crippen LogP contribution in [0.2, 0.25) is 0 Å². The number of nitrogens with one attached hydrogen (secondary N) is 6. The Kier molecular flexibility index (Phi) is 45.8. The molecule has 4 aromatic carbocycles. The van der Waals surface area contributed by atoms with Crippen molar-refractivity contribution >= 4 is 59.9 Å². The van der Waals surface area contributed by atoms with E-state index in [1.807, 2.05) is 121 Å². The van der Waals surface area contributed by atoms with Crippen LogP contribution < -0.4 is 31.9 Å². The first kappa shape index (κ1) is 83.8. The Morgan fingerprint density at radius 2 is 0.475 bits per heavy atom. The lowest BCUT2D eigenvalue weighted by Crippen LogP contribution is -2.45. The molecule has 0 fully saturated rings. The van der Waals surface area contributed by atoms with Crippen molar-refractivity contribution in [3.8, 4) is 0 Å². The average molecular weight is 1420 g/mol. The maximum Gasteiger partial charge on any atom is 0.407 e. The summed E-state index contributed by atoms with van der Waals surface area (Å²) in [5, 5.41) is 24.5. The standard InChI is InChI=1S/C68H95N9O24/c78-59(49-92-39-33-89-35-41-95-52-62(81)76(29-23-71-65(85)98-45-55-13-5-1-6-14-55)30-24-72-66(86)99-46-56-15-7-2-8-16-56)69-21-27-75(61(80)51-94-43-37-91-38-44-97-54-64(83)84)28-22-70-60(79)50-93-40-34-90-36-42-96-53-63(82)77(31-25-73-67(87)100-47-57-17-9-3-10-18-57)32-26-74-68(88)101-48-58-19-11-4-12-20-58/h1-20H,21-54H2,(H,69,78)(H,70,79)(H,71,85)(H,72,86)(H,73,87)(H,74,88)(H,83,84). The van der Waals surface area contributed by atoms with Gasteiger partial charge in [0.25, 0.3) is 0 Å². The summed E-state index contributed by atoms with van der Waals surface area (Å²) in [7, 11) is 0. The van der Waals surface area contributed by atoms with Gasteiger partial charge in [0.15, 0.2) is 0 Å². The number of carbonyl (C=O) groups is 10. The van der Waals surface area contributed by atoms with Crippen molar-refractivity contribution in [3.05, 3.63) is 144 Å². The summed E-state index contributed by atoms with van der Waals surface area (Å²) in [6.07, 6.45) is -2.67. The van der Waals surface area contributed by atoms with Gasteiger partial charge in [0, 0.05) is 78.5 Å². The quantitative estimate of drug-likeness (QED) is 0.0244. The lowest BCUT2D eigenvalue weighted by atomic mass is 10.2. The monoisotopic (exact) mass is 1420 g/mol. The van der Waals surface area contributed by atoms with Crippen LogP contribution in [0, 0.1) is 0 Å². The molecule has 33 heteroatoms. The summed E-state index contributed by atoms with van der Waals surface area (Å²) in [5.41, 5.74) is 3.23. The molecule has 0 radical (unpaired) electrons. The molecular formula is C68H95N9O24. The molecule has 556 valence electrons. The van der Waals surface area contributed by atoms with E-state index in [0.29, 0.717) is 0 Å². The van der Waals surface area contributed by atoms with E-state index in [1.165, 1.54) is 14.7 Å². The van der Waals surface area contributed by atoms with Crippen molar-refractivity contribution in [3.63, 3.8) is 0 Å². The second kappa shape index (κ2) is 55.2. The fourth-order valence-corrected chi connectivity index (χ4v) is 8.37. The van der Waals surface area contributed by atoms with Crippen molar-refractivity contribution in [2.75, 3.05) is 197 Å². The first-order chi connectivity index (χ1) is 49.2. The third kappa shape index (κ3) is 44.2. The van der Waals surface area contributed by atoms with E-state index in [0.717, 1.165) is 22.3 Å². The van der Waals surface area contributed by atoms with Crippen LogP contribution in [0.5, 0.6) is 0 Å². The topological polar surface area (TPSA) is 393 Å². The Hall–Kier alpha value is -9.58. The summed E-state index contributed by atoms with van der Waals surface area (Å²) in [6.45, 7) is -0.390. The van der Waals surface area contributed by atoms with Gasteiger partial charge >= 0.3 is 30.3 Å². The summed E-state index contributed by atoms with van der Waals surface area (Å²) in [6, 6.07) is 36.5. The van der Waals surface area contributed by atoms with E-state index < -0.39 is 66.5 Å². The summed E-state index contributed by atoms with van der Waals surface area (Å²) in [5.74, 6) is -3.35. The van der Waals surface area contributed by atoms with Gasteiger partial charge in [-0.15, -0.1) is 0 Å². The van der Waals surface area contributed by atoms with Gasteiger partial charge < -0.3 is 113 Å². The van der Waals surface area contributed by atoms with Crippen LogP contribution in [0.4, 0.5) is 19.2 Å². The maximum atomic E-state index is 13.2. The molecule has 0 bridgehead atoms. The third-order valence-electron chi connectivity index (χ3n) is 13.5. The molecule has 4 rings (SSSR count). The minimum absolute atomic E-state index is 0.0183. The largest absolute Gasteiger partial charge is 0.480 e. The maximum absolute atomic E-state index is 13.2. The van der Waals surface area contributed by atoms with Crippen LogP contribution >= 0.6 is 0 Å². The van der Waals surface area contributed by atoms with Crippen molar-refractivity contribution in [2.45, 2.75) is 26.4 Å². The Bertz CT molecular complexity index is 2670. The molecule has 0 aliphatic carbocycles. The van der Waals surface area contributed by atoms with Gasteiger partial charge in [-0.1, -0.05) is 121 Å². The molecule has 33 nitrogen and oxygen atoms in total. The highest BCUT2D eigenvalue weighted by Gasteiger charge is 2.19. The number of benzene rings is 4. The molecule has 4 aromatic rings. The molecule has 0 saturated heterocycles. The zero-order chi connectivity index (χ0) is 72.4. The van der Waals surface area contributed by atoms with Crippen molar-refractivity contribution in [1.29, 1.82) is 0 Å². The van der Waals surface area contributed by atoms with Crippen LogP contribution in [-0.4, -0.2) is 277 Å². The molecule has 0 aliphatic rings. The number of rotatable bonds is 56. The molecular weight excluding hydrogens is 1330 g/mol. The molecule has 0 spiro atoms. The summed E-state index contributed by atoms with van der Waals surface area (Å²) < 4.78 is 69.8. The van der Waals surface area contributed by atoms with Gasteiger partial charge in [-0.05, 0) is 22.3 Å². The highest BCUT2D eigenvalue weighted by atomic mass is 16.6. The second-order valence-electron chi connectivity index (χ2n) is 21.3. The fourth-order valence-electron chi connectivity index (χ4n) is 8.37. The van der Waals surface area contributed by atoms with Gasteiger partial charge in [-0.25, -0.2) is 24.0 Å². The van der Waals surface area contributed by atoms with Crippen molar-refractivity contribution in [1.82, 2.24) is 46.6 Å². The molecule has 9 amide bonds. The fraction of sp³-hybridized carbons (Fsp3) is 0.500. The number of hydrogen-bond donors (Lipinski definition) is 7. The number of hydrogen-bond acceptors (Lipinski definition) is 23. The van der Waals surface area contributed by atoms with Crippen molar-refractivity contribution < 1.29 is 115 Å². The zero-order valence-electron chi connectivity index (χ0n) is 56.8. The Labute approximate surface area is 586 Å². The van der Waals surface area contributed by atoms with Crippen molar-refractivity contribution in [2.24, 2.45) is 0 Å². The zero-order valence-corrected chi connectivity index (χ0v) is 56.8. The Morgan fingerprint density at radius 1 is 0.267 bits per heavy atom. The van der Waals surface area contributed by atoms with E-state index in [9.17, 15) is 47.9 Å². The number of amides is 9. The highest BCUT2D eigenvalue weighted by Crippen LogP contribution is 2.05. The Morgan fingerprint density at radius 3 is 0.713 bits per heavy atom. The normalized spacial score (nSPS) is 10.7. The number of aliphatic carboxylic acids is 1. The first-order valence-electron chi connectivity index (χ1n) is 32.8.